The fraction of sp³-hybridized carbons (Fsp3) is 0.308. The maximum absolute atomic E-state index is 10.1. The van der Waals surface area contributed by atoms with Crippen molar-refractivity contribution < 1.29 is 5.11 Å². The lowest BCUT2D eigenvalue weighted by atomic mass is 9.92. The SMILES string of the molecule is CC(c1cc2ccccc2nc1N1CCCC1)N1N=C(c2cccc(O)c2)C2C(N)=NC=NC21. The molecule has 8 heteroatoms. The summed E-state index contributed by atoms with van der Waals surface area (Å²) in [5.41, 5.74) is 10.1. The van der Waals surface area contributed by atoms with E-state index in [1.165, 1.54) is 19.2 Å². The van der Waals surface area contributed by atoms with Crippen LogP contribution in [-0.2, 0) is 0 Å². The Bertz CT molecular complexity index is 1340. The zero-order valence-electron chi connectivity index (χ0n) is 19.0. The summed E-state index contributed by atoms with van der Waals surface area (Å²) >= 11 is 0. The molecule has 3 atom stereocenters. The summed E-state index contributed by atoms with van der Waals surface area (Å²) in [4.78, 5) is 16.4. The van der Waals surface area contributed by atoms with Crippen LogP contribution >= 0.6 is 0 Å². The van der Waals surface area contributed by atoms with Crippen molar-refractivity contribution in [2.75, 3.05) is 18.0 Å². The van der Waals surface area contributed by atoms with Gasteiger partial charge in [0, 0.05) is 29.6 Å². The molecule has 1 fully saturated rings. The molecular formula is C26H27N7O. The first-order valence-corrected chi connectivity index (χ1v) is 11.8. The van der Waals surface area contributed by atoms with E-state index in [9.17, 15) is 5.11 Å². The Morgan fingerprint density at radius 2 is 1.88 bits per heavy atom. The van der Waals surface area contributed by atoms with E-state index in [4.69, 9.17) is 15.8 Å². The maximum atomic E-state index is 10.1. The minimum atomic E-state index is -0.303. The van der Waals surface area contributed by atoms with E-state index in [2.05, 4.69) is 40.0 Å². The van der Waals surface area contributed by atoms with Gasteiger partial charge in [0.15, 0.2) is 6.17 Å². The fourth-order valence-corrected chi connectivity index (χ4v) is 5.21. The molecule has 2 aromatic carbocycles. The van der Waals surface area contributed by atoms with Gasteiger partial charge in [0.1, 0.15) is 29.7 Å². The third-order valence-electron chi connectivity index (χ3n) is 6.96. The highest BCUT2D eigenvalue weighted by atomic mass is 16.3. The van der Waals surface area contributed by atoms with E-state index < -0.39 is 0 Å². The topological polar surface area (TPSA) is 103 Å². The van der Waals surface area contributed by atoms with Crippen molar-refractivity contribution in [2.45, 2.75) is 32.0 Å². The third kappa shape index (κ3) is 3.37. The predicted octanol–water partition coefficient (Wildman–Crippen LogP) is 3.66. The number of rotatable bonds is 4. The van der Waals surface area contributed by atoms with Gasteiger partial charge in [0.25, 0.3) is 0 Å². The molecule has 0 saturated carbocycles. The Hall–Kier alpha value is -3.94. The third-order valence-corrected chi connectivity index (χ3v) is 6.96. The first kappa shape index (κ1) is 20.7. The number of nitrogens with zero attached hydrogens (tertiary/aromatic N) is 6. The molecule has 3 unspecified atom stereocenters. The molecule has 1 aromatic heterocycles. The van der Waals surface area contributed by atoms with Gasteiger partial charge < -0.3 is 15.7 Å². The van der Waals surface area contributed by atoms with Crippen LogP contribution in [0, 0.1) is 5.92 Å². The monoisotopic (exact) mass is 453 g/mol. The van der Waals surface area contributed by atoms with Crippen LogP contribution in [0.1, 0.15) is 36.9 Å². The summed E-state index contributed by atoms with van der Waals surface area (Å²) in [5, 5.41) is 18.2. The van der Waals surface area contributed by atoms with Gasteiger partial charge in [-0.2, -0.15) is 5.10 Å². The van der Waals surface area contributed by atoms with Crippen LogP contribution < -0.4 is 10.6 Å². The van der Waals surface area contributed by atoms with Gasteiger partial charge in [-0.25, -0.2) is 15.0 Å². The molecule has 1 saturated heterocycles. The highest BCUT2D eigenvalue weighted by Gasteiger charge is 2.44. The number of nitrogens with two attached hydrogens (primary N) is 1. The number of aromatic nitrogens is 1. The van der Waals surface area contributed by atoms with E-state index in [1.807, 2.05) is 29.3 Å². The number of phenolic OH excluding ortho intramolecular Hbond substituents is 1. The van der Waals surface area contributed by atoms with Crippen molar-refractivity contribution in [2.24, 2.45) is 26.7 Å². The lowest BCUT2D eigenvalue weighted by Gasteiger charge is -2.33. The van der Waals surface area contributed by atoms with Crippen LogP contribution in [0.4, 0.5) is 5.82 Å². The van der Waals surface area contributed by atoms with Gasteiger partial charge in [-0.05, 0) is 44.0 Å². The van der Waals surface area contributed by atoms with Crippen LogP contribution in [0.25, 0.3) is 10.9 Å². The summed E-state index contributed by atoms with van der Waals surface area (Å²) in [7, 11) is 0. The van der Waals surface area contributed by atoms with Gasteiger partial charge in [-0.1, -0.05) is 30.3 Å². The molecule has 3 aliphatic rings. The van der Waals surface area contributed by atoms with Crippen molar-refractivity contribution in [1.82, 2.24) is 9.99 Å². The van der Waals surface area contributed by atoms with E-state index in [1.54, 1.807) is 12.1 Å². The number of hydrazone groups is 1. The Morgan fingerprint density at radius 3 is 2.71 bits per heavy atom. The molecular weight excluding hydrogens is 426 g/mol. The Balaban J connectivity index is 1.47. The molecule has 3 aliphatic heterocycles. The number of benzene rings is 2. The second-order valence-electron chi connectivity index (χ2n) is 9.09. The van der Waals surface area contributed by atoms with Gasteiger partial charge in [-0.15, -0.1) is 0 Å². The normalized spacial score (nSPS) is 22.6. The summed E-state index contributed by atoms with van der Waals surface area (Å²) < 4.78 is 0. The number of aliphatic imine (C=N–C) groups is 2. The zero-order valence-corrected chi connectivity index (χ0v) is 19.0. The largest absolute Gasteiger partial charge is 0.508 e. The Morgan fingerprint density at radius 1 is 1.06 bits per heavy atom. The van der Waals surface area contributed by atoms with E-state index >= 15 is 0 Å². The molecule has 34 heavy (non-hydrogen) atoms. The average molecular weight is 454 g/mol. The van der Waals surface area contributed by atoms with Crippen LogP contribution in [-0.4, -0.2) is 52.2 Å². The number of hydrogen-bond acceptors (Lipinski definition) is 8. The zero-order chi connectivity index (χ0) is 23.2. The van der Waals surface area contributed by atoms with Crippen molar-refractivity contribution in [3.63, 3.8) is 0 Å². The standard InChI is InChI=1S/C26H27N7O/c1-16(20-14-17-7-2-3-10-21(17)30-25(20)32-11-4-5-12-32)33-26-22(24(27)28-15-29-26)23(31-33)18-8-6-9-19(34)13-18/h2-3,6-10,13-16,22,26,34H,4-5,11-12H2,1H3,(H2,27,28,29). The molecule has 0 amide bonds. The summed E-state index contributed by atoms with van der Waals surface area (Å²) in [5.74, 6) is 1.40. The highest BCUT2D eigenvalue weighted by molar-refractivity contribution is 6.17. The molecule has 4 heterocycles. The summed E-state index contributed by atoms with van der Waals surface area (Å²) in [6.45, 7) is 4.16. The maximum Gasteiger partial charge on any atom is 0.154 e. The molecule has 3 aromatic rings. The number of fused-ring (bicyclic) bond motifs is 2. The van der Waals surface area contributed by atoms with Crippen LogP contribution in [0.3, 0.4) is 0 Å². The first-order valence-electron chi connectivity index (χ1n) is 11.8. The predicted molar refractivity (Wildman–Crippen MR) is 135 cm³/mol. The number of aromatic hydroxyl groups is 1. The molecule has 3 N–H and O–H groups in total. The second-order valence-corrected chi connectivity index (χ2v) is 9.09. The fourth-order valence-electron chi connectivity index (χ4n) is 5.21. The molecule has 172 valence electrons. The number of amidine groups is 1. The van der Waals surface area contributed by atoms with Crippen LogP contribution in [0.15, 0.2) is 69.7 Å². The van der Waals surface area contributed by atoms with Crippen molar-refractivity contribution >= 4 is 34.6 Å². The van der Waals surface area contributed by atoms with Crippen LogP contribution in [0.5, 0.6) is 5.75 Å². The molecule has 8 nitrogen and oxygen atoms in total. The lowest BCUT2D eigenvalue weighted by Crippen LogP contribution is -2.43. The molecule has 0 radical (unpaired) electrons. The minimum absolute atomic E-state index is 0.0990. The van der Waals surface area contributed by atoms with Gasteiger partial charge in [0.05, 0.1) is 17.3 Å². The Labute approximate surface area is 198 Å². The molecule has 0 spiro atoms. The number of anilines is 1. The molecule has 0 aliphatic carbocycles. The second kappa shape index (κ2) is 8.13. The number of pyridine rings is 1. The quantitative estimate of drug-likeness (QED) is 0.628. The number of hydrogen-bond donors (Lipinski definition) is 2. The van der Waals surface area contributed by atoms with E-state index in [0.29, 0.717) is 5.84 Å². The van der Waals surface area contributed by atoms with Crippen molar-refractivity contribution in [1.29, 1.82) is 0 Å². The first-order chi connectivity index (χ1) is 16.6. The average Bonchev–Trinajstić information content (AvgIpc) is 3.52. The van der Waals surface area contributed by atoms with E-state index in [-0.39, 0.29) is 23.9 Å². The van der Waals surface area contributed by atoms with Gasteiger partial charge in [-0.3, -0.25) is 5.01 Å². The lowest BCUT2D eigenvalue weighted by molar-refractivity contribution is 0.166. The van der Waals surface area contributed by atoms with Gasteiger partial charge >= 0.3 is 0 Å². The minimum Gasteiger partial charge on any atom is -0.508 e. The smallest absolute Gasteiger partial charge is 0.154 e. The van der Waals surface area contributed by atoms with Crippen molar-refractivity contribution in [3.05, 3.63) is 65.7 Å². The number of phenols is 1. The Kier molecular flexibility index (Phi) is 4.94. The van der Waals surface area contributed by atoms with Crippen molar-refractivity contribution in [3.8, 4) is 5.75 Å². The summed E-state index contributed by atoms with van der Waals surface area (Å²) in [6, 6.07) is 17.5. The van der Waals surface area contributed by atoms with E-state index in [0.717, 1.165) is 46.6 Å². The number of para-hydroxylation sites is 1. The van der Waals surface area contributed by atoms with Crippen LogP contribution in [0.2, 0.25) is 0 Å². The molecule has 0 bridgehead atoms. The van der Waals surface area contributed by atoms with Gasteiger partial charge in [0.2, 0.25) is 0 Å². The summed E-state index contributed by atoms with van der Waals surface area (Å²) in [6.07, 6.45) is 3.57. The highest BCUT2D eigenvalue weighted by Crippen LogP contribution is 2.39. The molecule has 6 rings (SSSR count).